The summed E-state index contributed by atoms with van der Waals surface area (Å²) in [6, 6.07) is 1.08. The van der Waals surface area contributed by atoms with Crippen molar-refractivity contribution in [1.29, 1.82) is 0 Å². The Balaban J connectivity index is 2.17. The molecule has 2 atom stereocenters. The maximum Gasteiger partial charge on any atom is 0.416 e. The molecule has 3 rings (SSSR count). The van der Waals surface area contributed by atoms with Crippen molar-refractivity contribution in [2.75, 3.05) is 18.6 Å². The lowest BCUT2D eigenvalue weighted by Gasteiger charge is -2.42. The molecule has 41 heavy (non-hydrogen) atoms. The first-order chi connectivity index (χ1) is 18.9. The summed E-state index contributed by atoms with van der Waals surface area (Å²) in [6.45, 7) is 2.29. The van der Waals surface area contributed by atoms with Gasteiger partial charge in [-0.2, -0.15) is 39.5 Å². The molecule has 0 aromatic heterocycles. The second kappa shape index (κ2) is 11.7. The molecule has 0 radical (unpaired) electrons. The van der Waals surface area contributed by atoms with Crippen LogP contribution in [0, 0.1) is 0 Å². The van der Waals surface area contributed by atoms with Crippen LogP contribution in [0.3, 0.4) is 0 Å². The fourth-order valence-corrected chi connectivity index (χ4v) is 4.56. The molecule has 6 nitrogen and oxygen atoms in total. The molecule has 1 heterocycles. The van der Waals surface area contributed by atoms with Gasteiger partial charge in [0.1, 0.15) is 0 Å². The van der Waals surface area contributed by atoms with Gasteiger partial charge in [-0.05, 0) is 61.2 Å². The Morgan fingerprint density at radius 2 is 1.46 bits per heavy atom. The zero-order valence-corrected chi connectivity index (χ0v) is 21.9. The van der Waals surface area contributed by atoms with Crippen LogP contribution in [-0.4, -0.2) is 36.8 Å². The molecule has 0 aliphatic carbocycles. The van der Waals surface area contributed by atoms with E-state index in [0.717, 1.165) is 23.0 Å². The first-order valence-electron chi connectivity index (χ1n) is 12.2. The molecule has 0 fully saturated rings. The van der Waals surface area contributed by atoms with Crippen LogP contribution in [0.4, 0.5) is 54.8 Å². The normalized spacial score (nSPS) is 17.6. The van der Waals surface area contributed by atoms with Crippen molar-refractivity contribution in [3.63, 3.8) is 0 Å². The number of carbonyl (C=O) groups is 2. The summed E-state index contributed by atoms with van der Waals surface area (Å²) in [5.41, 5.74) is -5.19. The smallest absolute Gasteiger partial charge is 0.416 e. The number of anilines is 1. The molecule has 0 unspecified atom stereocenters. The average Bonchev–Trinajstić information content (AvgIpc) is 2.87. The molecule has 2 aromatic rings. The van der Waals surface area contributed by atoms with Crippen molar-refractivity contribution in [2.45, 2.75) is 63.8 Å². The quantitative estimate of drug-likeness (QED) is 0.325. The van der Waals surface area contributed by atoms with Gasteiger partial charge < -0.3 is 9.47 Å². The standard InChI is InChI=1S/C26H25F9N2O4/c1-4-7-41-23(39)37-14(2)8-20(19-6-5-16(12-21(19)37)24(27,28)29)36(22(38)40-3)13-15-9-17(25(30,31)32)11-18(10-15)26(33,34)35/h5-6,9-12,14,20H,4,7-8,13H2,1-3H3/t14-,20+/m1/s1. The highest BCUT2D eigenvalue weighted by Gasteiger charge is 2.42. The summed E-state index contributed by atoms with van der Waals surface area (Å²) < 4.78 is 131. The van der Waals surface area contributed by atoms with Gasteiger partial charge in [0.05, 0.1) is 42.1 Å². The fraction of sp³-hybridized carbons (Fsp3) is 0.462. The summed E-state index contributed by atoms with van der Waals surface area (Å²) in [5.74, 6) is 0. The number of ether oxygens (including phenoxy) is 2. The van der Waals surface area contributed by atoms with E-state index in [4.69, 9.17) is 9.47 Å². The maximum atomic E-state index is 13.6. The minimum Gasteiger partial charge on any atom is -0.453 e. The number of amides is 2. The third-order valence-corrected chi connectivity index (χ3v) is 6.39. The van der Waals surface area contributed by atoms with Gasteiger partial charge in [0, 0.05) is 12.6 Å². The predicted octanol–water partition coefficient (Wildman–Crippen LogP) is 8.20. The second-order valence-corrected chi connectivity index (χ2v) is 9.37. The number of nitrogens with zero attached hydrogens (tertiary/aromatic N) is 2. The van der Waals surface area contributed by atoms with Gasteiger partial charge in [0.2, 0.25) is 0 Å². The Morgan fingerprint density at radius 1 is 0.902 bits per heavy atom. The first kappa shape index (κ1) is 31.9. The van der Waals surface area contributed by atoms with Crippen molar-refractivity contribution >= 4 is 17.9 Å². The highest BCUT2D eigenvalue weighted by Crippen LogP contribution is 2.45. The number of hydrogen-bond donors (Lipinski definition) is 0. The lowest BCUT2D eigenvalue weighted by atomic mass is 9.89. The predicted molar refractivity (Wildman–Crippen MR) is 127 cm³/mol. The minimum atomic E-state index is -5.15. The molecule has 2 aromatic carbocycles. The molecule has 0 bridgehead atoms. The highest BCUT2D eigenvalue weighted by atomic mass is 19.4. The summed E-state index contributed by atoms with van der Waals surface area (Å²) >= 11 is 0. The van der Waals surface area contributed by atoms with Crippen LogP contribution in [0.5, 0.6) is 0 Å². The first-order valence-corrected chi connectivity index (χ1v) is 12.2. The van der Waals surface area contributed by atoms with E-state index in [2.05, 4.69) is 0 Å². The van der Waals surface area contributed by atoms with E-state index >= 15 is 0 Å². The van der Waals surface area contributed by atoms with Crippen LogP contribution in [0.1, 0.15) is 60.5 Å². The number of rotatable bonds is 5. The van der Waals surface area contributed by atoms with Crippen molar-refractivity contribution in [2.24, 2.45) is 0 Å². The number of hydrogen-bond acceptors (Lipinski definition) is 4. The van der Waals surface area contributed by atoms with E-state index in [-0.39, 0.29) is 30.3 Å². The van der Waals surface area contributed by atoms with Crippen LogP contribution in [-0.2, 0) is 34.5 Å². The second-order valence-electron chi connectivity index (χ2n) is 9.37. The van der Waals surface area contributed by atoms with Gasteiger partial charge in [-0.1, -0.05) is 13.0 Å². The number of carbonyl (C=O) groups excluding carboxylic acids is 2. The third-order valence-electron chi connectivity index (χ3n) is 6.39. The van der Waals surface area contributed by atoms with Gasteiger partial charge in [-0.25, -0.2) is 9.59 Å². The molecule has 0 spiro atoms. The van der Waals surface area contributed by atoms with E-state index < -0.39 is 71.6 Å². The average molecular weight is 600 g/mol. The summed E-state index contributed by atoms with van der Waals surface area (Å²) in [4.78, 5) is 27.5. The molecule has 1 aliphatic rings. The van der Waals surface area contributed by atoms with Gasteiger partial charge in [-0.15, -0.1) is 0 Å². The van der Waals surface area contributed by atoms with Crippen molar-refractivity contribution < 1.29 is 58.6 Å². The number of alkyl halides is 9. The van der Waals surface area contributed by atoms with E-state index in [1.807, 2.05) is 0 Å². The third kappa shape index (κ3) is 7.17. The fourth-order valence-electron chi connectivity index (χ4n) is 4.56. The van der Waals surface area contributed by atoms with Crippen LogP contribution >= 0.6 is 0 Å². The molecular weight excluding hydrogens is 575 g/mol. The molecule has 1 aliphatic heterocycles. The Morgan fingerprint density at radius 3 is 1.95 bits per heavy atom. The van der Waals surface area contributed by atoms with Crippen molar-refractivity contribution in [3.05, 3.63) is 64.2 Å². The lowest BCUT2D eigenvalue weighted by molar-refractivity contribution is -0.143. The minimum absolute atomic E-state index is 0.0158. The Hall–Kier alpha value is -3.65. The number of benzene rings is 2. The van der Waals surface area contributed by atoms with Crippen LogP contribution < -0.4 is 4.90 Å². The summed E-state index contributed by atoms with van der Waals surface area (Å²) in [7, 11) is 0.928. The van der Waals surface area contributed by atoms with Gasteiger partial charge in [-0.3, -0.25) is 9.80 Å². The zero-order valence-electron chi connectivity index (χ0n) is 21.9. The molecule has 2 amide bonds. The highest BCUT2D eigenvalue weighted by molar-refractivity contribution is 5.90. The number of methoxy groups -OCH3 is 1. The van der Waals surface area contributed by atoms with Crippen LogP contribution in [0.15, 0.2) is 36.4 Å². The Bertz CT molecular complexity index is 1240. The zero-order chi connectivity index (χ0) is 30.9. The topological polar surface area (TPSA) is 59.1 Å². The molecule has 15 heteroatoms. The van der Waals surface area contributed by atoms with Crippen LogP contribution in [0.2, 0.25) is 0 Å². The van der Waals surface area contributed by atoms with E-state index in [0.29, 0.717) is 30.7 Å². The van der Waals surface area contributed by atoms with Crippen molar-refractivity contribution in [1.82, 2.24) is 4.90 Å². The number of fused-ring (bicyclic) bond motifs is 1. The number of halogens is 9. The largest absolute Gasteiger partial charge is 0.453 e. The Kier molecular flexibility index (Phi) is 9.08. The van der Waals surface area contributed by atoms with E-state index in [1.54, 1.807) is 6.92 Å². The van der Waals surface area contributed by atoms with Gasteiger partial charge >= 0.3 is 30.7 Å². The van der Waals surface area contributed by atoms with Crippen LogP contribution in [0.25, 0.3) is 0 Å². The molecular formula is C26H25F9N2O4. The van der Waals surface area contributed by atoms with Gasteiger partial charge in [0.15, 0.2) is 0 Å². The Labute approximate surface area is 228 Å². The molecule has 0 N–H and O–H groups in total. The summed E-state index contributed by atoms with van der Waals surface area (Å²) in [6.07, 6.45) is -17.0. The molecule has 226 valence electrons. The molecule has 0 saturated carbocycles. The monoisotopic (exact) mass is 600 g/mol. The van der Waals surface area contributed by atoms with E-state index in [9.17, 15) is 49.1 Å². The van der Waals surface area contributed by atoms with Crippen molar-refractivity contribution in [3.8, 4) is 0 Å². The maximum absolute atomic E-state index is 13.6. The van der Waals surface area contributed by atoms with Gasteiger partial charge in [0.25, 0.3) is 0 Å². The van der Waals surface area contributed by atoms with E-state index in [1.165, 1.54) is 6.92 Å². The lowest BCUT2D eigenvalue weighted by Crippen LogP contribution is -2.47. The SMILES string of the molecule is CCCOC(=O)N1c2cc(C(F)(F)F)ccc2[C@@H](N(Cc2cc(C(F)(F)F)cc(C(F)(F)F)c2)C(=O)OC)C[C@H]1C. The summed E-state index contributed by atoms with van der Waals surface area (Å²) in [5, 5.41) is 0. The molecule has 0 saturated heterocycles.